The van der Waals surface area contributed by atoms with E-state index in [0.29, 0.717) is 0 Å². The molecule has 1 amide bonds. The number of rotatable bonds is 8. The third-order valence-corrected chi connectivity index (χ3v) is 7.73. The predicted molar refractivity (Wildman–Crippen MR) is 133 cm³/mol. The zero-order chi connectivity index (χ0) is 24.1. The van der Waals surface area contributed by atoms with Crippen LogP contribution >= 0.6 is 11.6 Å². The summed E-state index contributed by atoms with van der Waals surface area (Å²) in [7, 11) is -2.73. The molecule has 0 spiro atoms. The number of ether oxygens (including phenoxy) is 1. The number of benzene rings is 3. The molecule has 0 saturated heterocycles. The van der Waals surface area contributed by atoms with Gasteiger partial charge in [-0.25, -0.2) is 8.42 Å². The van der Waals surface area contributed by atoms with Crippen LogP contribution < -0.4 is 14.8 Å². The van der Waals surface area contributed by atoms with E-state index in [0.717, 1.165) is 30.4 Å². The molecule has 0 aromatic heterocycles. The van der Waals surface area contributed by atoms with E-state index in [1.165, 1.54) is 24.8 Å². The van der Waals surface area contributed by atoms with Crippen molar-refractivity contribution >= 4 is 27.5 Å². The van der Waals surface area contributed by atoms with Crippen LogP contribution in [-0.2, 0) is 27.7 Å². The van der Waals surface area contributed by atoms with Gasteiger partial charge in [0, 0.05) is 5.02 Å². The first-order valence-corrected chi connectivity index (χ1v) is 13.0. The van der Waals surface area contributed by atoms with Crippen LogP contribution in [0.1, 0.15) is 35.6 Å². The number of carbonyl (C=O) groups excluding carboxylic acids is 1. The molecule has 4 rings (SSSR count). The number of fused-ring (bicyclic) bond motifs is 1. The number of aryl methyl sites for hydroxylation is 1. The monoisotopic (exact) mass is 498 g/mol. The Hall–Kier alpha value is -2.87. The fourth-order valence-electron chi connectivity index (χ4n) is 4.33. The second-order valence-corrected chi connectivity index (χ2v) is 10.4. The molecule has 2 atom stereocenters. The van der Waals surface area contributed by atoms with Crippen LogP contribution in [0.5, 0.6) is 5.75 Å². The number of methoxy groups -OCH3 is 1. The summed E-state index contributed by atoms with van der Waals surface area (Å²) >= 11 is 6.06. The third kappa shape index (κ3) is 5.60. The van der Waals surface area contributed by atoms with Gasteiger partial charge in [-0.3, -0.25) is 4.79 Å². The lowest BCUT2D eigenvalue weighted by atomic mass is 9.87. The first-order valence-electron chi connectivity index (χ1n) is 11.2. The lowest BCUT2D eigenvalue weighted by molar-refractivity contribution is -0.123. The number of nitrogens with one attached hydrogen (secondary N) is 2. The molecular formula is C26H27ClN2O4S. The maximum absolute atomic E-state index is 13.5. The second-order valence-electron chi connectivity index (χ2n) is 8.31. The van der Waals surface area contributed by atoms with E-state index in [4.69, 9.17) is 16.3 Å². The van der Waals surface area contributed by atoms with E-state index in [2.05, 4.69) is 16.1 Å². The Balaban J connectivity index is 1.62. The summed E-state index contributed by atoms with van der Waals surface area (Å²) in [6, 6.07) is 20.5. The first kappa shape index (κ1) is 24.3. The number of halogens is 1. The largest absolute Gasteiger partial charge is 0.495 e. The topological polar surface area (TPSA) is 84.5 Å². The van der Waals surface area contributed by atoms with E-state index in [-0.39, 0.29) is 34.0 Å². The molecule has 2 N–H and O–H groups in total. The molecule has 0 bridgehead atoms. The molecule has 6 nitrogen and oxygen atoms in total. The van der Waals surface area contributed by atoms with E-state index in [1.807, 2.05) is 48.5 Å². The number of hydrogen-bond acceptors (Lipinski definition) is 4. The maximum atomic E-state index is 13.5. The lowest BCUT2D eigenvalue weighted by Crippen LogP contribution is -2.49. The van der Waals surface area contributed by atoms with Gasteiger partial charge in [-0.2, -0.15) is 4.72 Å². The van der Waals surface area contributed by atoms with Crippen LogP contribution in [0.3, 0.4) is 0 Å². The minimum Gasteiger partial charge on any atom is -0.495 e. The van der Waals surface area contributed by atoms with Crippen molar-refractivity contribution in [2.24, 2.45) is 0 Å². The summed E-state index contributed by atoms with van der Waals surface area (Å²) in [6.45, 7) is 0. The number of carbonyl (C=O) groups is 1. The average Bonchev–Trinajstić information content (AvgIpc) is 2.84. The molecule has 0 radical (unpaired) electrons. The van der Waals surface area contributed by atoms with E-state index in [1.54, 1.807) is 6.07 Å². The molecule has 34 heavy (non-hydrogen) atoms. The standard InChI is InChI=1S/C26H27ClN2O4S/c1-33-24-15-14-20(27)17-25(24)34(31,32)29-23(16-18-8-3-2-4-9-18)26(30)28-22-13-7-11-19-10-5-6-12-21(19)22/h2-6,8-10,12,14-15,17,22-23,29H,7,11,13,16H2,1H3,(H,28,30). The summed E-state index contributed by atoms with van der Waals surface area (Å²) in [5.74, 6) is -0.230. The summed E-state index contributed by atoms with van der Waals surface area (Å²) in [5.41, 5.74) is 3.13. The molecule has 8 heteroatoms. The van der Waals surface area contributed by atoms with Gasteiger partial charge in [0.1, 0.15) is 16.7 Å². The molecule has 0 saturated carbocycles. The summed E-state index contributed by atoms with van der Waals surface area (Å²) in [5, 5.41) is 3.34. The smallest absolute Gasteiger partial charge is 0.245 e. The van der Waals surface area contributed by atoms with Crippen molar-refractivity contribution in [1.29, 1.82) is 0 Å². The average molecular weight is 499 g/mol. The van der Waals surface area contributed by atoms with E-state index in [9.17, 15) is 13.2 Å². The van der Waals surface area contributed by atoms with Crippen LogP contribution in [0.2, 0.25) is 5.02 Å². The molecule has 3 aromatic carbocycles. The van der Waals surface area contributed by atoms with E-state index < -0.39 is 16.1 Å². The molecule has 3 aromatic rings. The molecule has 2 unspecified atom stereocenters. The Labute approximate surface area is 205 Å². The summed E-state index contributed by atoms with van der Waals surface area (Å²) < 4.78 is 34.5. The molecule has 0 heterocycles. The highest BCUT2D eigenvalue weighted by molar-refractivity contribution is 7.89. The van der Waals surface area contributed by atoms with Crippen LogP contribution in [-0.4, -0.2) is 27.5 Å². The number of hydrogen-bond donors (Lipinski definition) is 2. The van der Waals surface area contributed by atoms with Crippen LogP contribution in [0, 0.1) is 0 Å². The van der Waals surface area contributed by atoms with Gasteiger partial charge in [-0.1, -0.05) is 66.2 Å². The fraction of sp³-hybridized carbons (Fsp3) is 0.269. The highest BCUT2D eigenvalue weighted by Crippen LogP contribution is 2.30. The molecule has 178 valence electrons. The van der Waals surface area contributed by atoms with Crippen LogP contribution in [0.4, 0.5) is 0 Å². The second kappa shape index (κ2) is 10.6. The Bertz CT molecular complexity index is 1260. The van der Waals surface area contributed by atoms with Gasteiger partial charge in [0.25, 0.3) is 0 Å². The van der Waals surface area contributed by atoms with Crippen LogP contribution in [0.25, 0.3) is 0 Å². The molecule has 1 aliphatic carbocycles. The number of sulfonamides is 1. The zero-order valence-corrected chi connectivity index (χ0v) is 20.4. The highest BCUT2D eigenvalue weighted by atomic mass is 35.5. The maximum Gasteiger partial charge on any atom is 0.245 e. The fourth-order valence-corrected chi connectivity index (χ4v) is 5.95. The Morgan fingerprint density at radius 2 is 1.82 bits per heavy atom. The normalized spacial score (nSPS) is 16.4. The minimum atomic E-state index is -4.11. The van der Waals surface area contributed by atoms with Crippen molar-refractivity contribution in [2.45, 2.75) is 42.7 Å². The van der Waals surface area contributed by atoms with Crippen LogP contribution in [0.15, 0.2) is 77.7 Å². The molecule has 0 aliphatic heterocycles. The minimum absolute atomic E-state index is 0.114. The van der Waals surface area contributed by atoms with Gasteiger partial charge in [-0.15, -0.1) is 0 Å². The highest BCUT2D eigenvalue weighted by Gasteiger charge is 2.31. The zero-order valence-electron chi connectivity index (χ0n) is 18.8. The van der Waals surface area contributed by atoms with E-state index >= 15 is 0 Å². The third-order valence-electron chi connectivity index (χ3n) is 6.00. The Morgan fingerprint density at radius 1 is 1.09 bits per heavy atom. The van der Waals surface area contributed by atoms with Crippen molar-refractivity contribution in [3.05, 3.63) is 94.5 Å². The van der Waals surface area contributed by atoms with Crippen molar-refractivity contribution < 1.29 is 17.9 Å². The SMILES string of the molecule is COc1ccc(Cl)cc1S(=O)(=O)NC(Cc1ccccc1)C(=O)NC1CCCc2ccccc21. The van der Waals surface area contributed by atoms with Gasteiger partial charge in [0.2, 0.25) is 15.9 Å². The quantitative estimate of drug-likeness (QED) is 0.481. The predicted octanol–water partition coefficient (Wildman–Crippen LogP) is 4.43. The lowest BCUT2D eigenvalue weighted by Gasteiger charge is -2.28. The van der Waals surface area contributed by atoms with Gasteiger partial charge in [0.05, 0.1) is 13.2 Å². The molecular weight excluding hydrogens is 472 g/mol. The number of amides is 1. The van der Waals surface area contributed by atoms with Gasteiger partial charge < -0.3 is 10.1 Å². The van der Waals surface area contributed by atoms with Crippen molar-refractivity contribution in [2.75, 3.05) is 7.11 Å². The van der Waals surface area contributed by atoms with Crippen molar-refractivity contribution in [3.8, 4) is 5.75 Å². The summed E-state index contributed by atoms with van der Waals surface area (Å²) in [4.78, 5) is 13.3. The Morgan fingerprint density at radius 3 is 2.59 bits per heavy atom. The van der Waals surface area contributed by atoms with Gasteiger partial charge in [-0.05, 0) is 60.6 Å². The van der Waals surface area contributed by atoms with Gasteiger partial charge >= 0.3 is 0 Å². The first-order chi connectivity index (χ1) is 16.4. The van der Waals surface area contributed by atoms with Crippen molar-refractivity contribution in [1.82, 2.24) is 10.0 Å². The van der Waals surface area contributed by atoms with Gasteiger partial charge in [0.15, 0.2) is 0 Å². The molecule has 0 fully saturated rings. The van der Waals surface area contributed by atoms with Crippen molar-refractivity contribution in [3.63, 3.8) is 0 Å². The molecule has 1 aliphatic rings. The Kier molecular flexibility index (Phi) is 7.56. The summed E-state index contributed by atoms with van der Waals surface area (Å²) in [6.07, 6.45) is 2.92.